The first kappa shape index (κ1) is 24.9. The second kappa shape index (κ2) is 11.0. The fourth-order valence-corrected chi connectivity index (χ4v) is 4.44. The predicted molar refractivity (Wildman–Crippen MR) is 139 cm³/mol. The third kappa shape index (κ3) is 4.91. The van der Waals surface area contributed by atoms with E-state index in [0.29, 0.717) is 45.6 Å². The number of esters is 1. The quantitative estimate of drug-likeness (QED) is 0.233. The number of fused-ring (bicyclic) bond motifs is 1. The molecule has 0 aliphatic carbocycles. The Labute approximate surface area is 211 Å². The lowest BCUT2D eigenvalue weighted by Crippen LogP contribution is -2.20. The number of hydrogen-bond acceptors (Lipinski definition) is 6. The Hall–Kier alpha value is -4.26. The van der Waals surface area contributed by atoms with Gasteiger partial charge in [0.25, 0.3) is 11.3 Å². The van der Waals surface area contributed by atoms with E-state index in [0.717, 1.165) is 5.56 Å². The van der Waals surface area contributed by atoms with Crippen LogP contribution in [0.5, 0.6) is 5.75 Å². The van der Waals surface area contributed by atoms with Crippen LogP contribution >= 0.6 is 0 Å². The third-order valence-electron chi connectivity index (χ3n) is 5.49. The number of carbonyl (C=O) groups is 1. The average molecular weight is 502 g/mol. The van der Waals surface area contributed by atoms with Gasteiger partial charge in [-0.1, -0.05) is 30.9 Å². The molecule has 1 atom stereocenters. The van der Waals surface area contributed by atoms with Crippen molar-refractivity contribution in [3.63, 3.8) is 0 Å². The van der Waals surface area contributed by atoms with Gasteiger partial charge in [0, 0.05) is 28.9 Å². The van der Waals surface area contributed by atoms with E-state index < -0.39 is 17.2 Å². The minimum Gasteiger partial charge on any atom is -0.496 e. The Kier molecular flexibility index (Phi) is 7.59. The molecule has 9 heteroatoms. The smallest absolute Gasteiger partial charge is 0.356 e. The molecular formula is C27H23N3O5S. The zero-order chi connectivity index (χ0) is 25.7. The summed E-state index contributed by atoms with van der Waals surface area (Å²) in [4.78, 5) is 20.6. The summed E-state index contributed by atoms with van der Waals surface area (Å²) in [6.45, 7) is 1.91. The molecule has 0 bridgehead atoms. The van der Waals surface area contributed by atoms with E-state index in [-0.39, 0.29) is 5.69 Å². The number of aryl methyl sites for hydroxylation is 1. The number of methoxy groups -OCH3 is 2. The molecule has 0 fully saturated rings. The molecule has 2 aromatic carbocycles. The van der Waals surface area contributed by atoms with Crippen LogP contribution in [0.2, 0.25) is 0 Å². The van der Waals surface area contributed by atoms with Crippen LogP contribution in [-0.4, -0.2) is 38.9 Å². The molecule has 8 nitrogen and oxygen atoms in total. The van der Waals surface area contributed by atoms with Gasteiger partial charge in [0.2, 0.25) is 0 Å². The van der Waals surface area contributed by atoms with Crippen LogP contribution in [0, 0.1) is 11.8 Å². The number of para-hydroxylation sites is 1. The van der Waals surface area contributed by atoms with Gasteiger partial charge in [0.05, 0.1) is 31.1 Å². The molecule has 0 aliphatic heterocycles. The Balaban J connectivity index is 1.81. The number of hydrogen-bond donors (Lipinski definition) is 1. The number of ether oxygens (including phenoxy) is 2. The van der Waals surface area contributed by atoms with Crippen LogP contribution in [0.1, 0.15) is 34.1 Å². The van der Waals surface area contributed by atoms with Gasteiger partial charge in [0.15, 0.2) is 5.69 Å². The largest absolute Gasteiger partial charge is 0.496 e. The molecule has 0 radical (unpaired) electrons. The number of pyridine rings is 2. The van der Waals surface area contributed by atoms with E-state index in [4.69, 9.17) is 9.47 Å². The van der Waals surface area contributed by atoms with Crippen molar-refractivity contribution in [2.75, 3.05) is 18.5 Å². The van der Waals surface area contributed by atoms with Crippen molar-refractivity contribution < 1.29 is 23.0 Å². The maximum atomic E-state index is 12.6. The molecule has 0 saturated carbocycles. The minimum absolute atomic E-state index is 0.256. The summed E-state index contributed by atoms with van der Waals surface area (Å²) in [5.74, 6) is 6.24. The van der Waals surface area contributed by atoms with Crippen molar-refractivity contribution in [2.45, 2.75) is 13.3 Å². The van der Waals surface area contributed by atoms with E-state index in [2.05, 4.69) is 21.8 Å². The predicted octanol–water partition coefficient (Wildman–Crippen LogP) is 4.66. The fourth-order valence-electron chi connectivity index (χ4n) is 3.80. The molecule has 1 unspecified atom stereocenters. The number of aromatic nitrogens is 2. The highest BCUT2D eigenvalue weighted by Gasteiger charge is 2.22. The summed E-state index contributed by atoms with van der Waals surface area (Å²) in [5.41, 5.74) is 3.47. The number of nitrogens with zero attached hydrogens (tertiary/aromatic N) is 3. The number of anilines is 2. The first-order valence-corrected chi connectivity index (χ1v) is 12.1. The average Bonchev–Trinajstić information content (AvgIpc) is 2.91. The molecule has 0 aliphatic rings. The van der Waals surface area contributed by atoms with Gasteiger partial charge in [-0.05, 0) is 54.4 Å². The van der Waals surface area contributed by atoms with Gasteiger partial charge in [-0.25, -0.2) is 18.3 Å². The molecule has 182 valence electrons. The lowest BCUT2D eigenvalue weighted by atomic mass is 10.1. The van der Waals surface area contributed by atoms with E-state index in [1.807, 2.05) is 13.0 Å². The monoisotopic (exact) mass is 501 g/mol. The van der Waals surface area contributed by atoms with Crippen LogP contribution in [-0.2, 0) is 22.4 Å². The van der Waals surface area contributed by atoms with Crippen LogP contribution < -0.4 is 9.04 Å². The summed E-state index contributed by atoms with van der Waals surface area (Å²) in [6, 6.07) is 15.9. The molecule has 36 heavy (non-hydrogen) atoms. The second-order valence-electron chi connectivity index (χ2n) is 7.56. The van der Waals surface area contributed by atoms with Crippen LogP contribution in [0.25, 0.3) is 10.9 Å². The minimum atomic E-state index is -2.42. The van der Waals surface area contributed by atoms with Gasteiger partial charge in [-0.3, -0.25) is 9.54 Å². The molecule has 2 aromatic heterocycles. The van der Waals surface area contributed by atoms with E-state index in [9.17, 15) is 13.6 Å². The lowest BCUT2D eigenvalue weighted by Gasteiger charge is -2.23. The topological polar surface area (TPSA) is 102 Å². The molecule has 0 saturated heterocycles. The Morgan fingerprint density at radius 3 is 2.58 bits per heavy atom. The van der Waals surface area contributed by atoms with Crippen molar-refractivity contribution in [3.8, 4) is 17.6 Å². The number of rotatable bonds is 6. The Bertz CT molecular complexity index is 1530. The van der Waals surface area contributed by atoms with Gasteiger partial charge in [0.1, 0.15) is 5.75 Å². The first-order chi connectivity index (χ1) is 17.5. The number of benzene rings is 2. The standard InChI is InChI=1S/C27H23N3O5S/c1-4-19-16-18(17-29-25(19)27(31)35-3)11-12-20-8-5-6-10-22(20)30(36(32)33)23-13-14-24(34-2)21-9-7-15-28-26(21)23/h5-10,13-17H,4H2,1-3H3,(H,32,33). The van der Waals surface area contributed by atoms with Crippen LogP contribution in [0.4, 0.5) is 11.4 Å². The van der Waals surface area contributed by atoms with Gasteiger partial charge >= 0.3 is 5.97 Å². The van der Waals surface area contributed by atoms with E-state index in [1.54, 1.807) is 61.8 Å². The summed E-state index contributed by atoms with van der Waals surface area (Å²) in [6.07, 6.45) is 3.70. The fraction of sp³-hybridized carbons (Fsp3) is 0.148. The van der Waals surface area contributed by atoms with Crippen LogP contribution in [0.3, 0.4) is 0 Å². The van der Waals surface area contributed by atoms with Gasteiger partial charge in [-0.15, -0.1) is 0 Å². The van der Waals surface area contributed by atoms with E-state index >= 15 is 0 Å². The highest BCUT2D eigenvalue weighted by atomic mass is 32.2. The summed E-state index contributed by atoms with van der Waals surface area (Å²) >= 11 is -2.42. The maximum Gasteiger partial charge on any atom is 0.356 e. The SMILES string of the molecule is CCc1cc(C#Cc2ccccc2N(c2ccc(OC)c3cccnc23)S(=O)O)cnc1C(=O)OC. The van der Waals surface area contributed by atoms with Crippen molar-refractivity contribution in [1.29, 1.82) is 0 Å². The molecular weight excluding hydrogens is 478 g/mol. The van der Waals surface area contributed by atoms with Crippen molar-refractivity contribution >= 4 is 39.5 Å². The summed E-state index contributed by atoms with van der Waals surface area (Å²) < 4.78 is 34.4. The lowest BCUT2D eigenvalue weighted by molar-refractivity contribution is 0.0592. The number of carbonyl (C=O) groups excluding carboxylic acids is 1. The summed E-state index contributed by atoms with van der Waals surface area (Å²) in [7, 11) is 2.87. The van der Waals surface area contributed by atoms with Gasteiger partial charge < -0.3 is 9.47 Å². The zero-order valence-electron chi connectivity index (χ0n) is 19.9. The maximum absolute atomic E-state index is 12.6. The third-order valence-corrected chi connectivity index (χ3v) is 6.20. The molecule has 2 heterocycles. The van der Waals surface area contributed by atoms with Crippen LogP contribution in [0.15, 0.2) is 67.0 Å². The second-order valence-corrected chi connectivity index (χ2v) is 8.38. The molecule has 1 N–H and O–H groups in total. The molecule has 0 amide bonds. The highest BCUT2D eigenvalue weighted by molar-refractivity contribution is 7.81. The van der Waals surface area contributed by atoms with Crippen molar-refractivity contribution in [3.05, 3.63) is 89.4 Å². The molecule has 4 rings (SSSR count). The summed E-state index contributed by atoms with van der Waals surface area (Å²) in [5, 5.41) is 0.709. The normalized spacial score (nSPS) is 11.3. The van der Waals surface area contributed by atoms with Crippen molar-refractivity contribution in [2.24, 2.45) is 0 Å². The zero-order valence-corrected chi connectivity index (χ0v) is 20.7. The molecule has 4 aromatic rings. The Morgan fingerprint density at radius 1 is 1.06 bits per heavy atom. The van der Waals surface area contributed by atoms with E-state index in [1.165, 1.54) is 17.6 Å². The van der Waals surface area contributed by atoms with Gasteiger partial charge in [-0.2, -0.15) is 0 Å². The Morgan fingerprint density at radius 2 is 1.86 bits per heavy atom. The van der Waals surface area contributed by atoms with Crippen molar-refractivity contribution in [1.82, 2.24) is 9.97 Å². The molecule has 0 spiro atoms. The first-order valence-electron chi connectivity index (χ1n) is 11.0. The highest BCUT2D eigenvalue weighted by Crippen LogP contribution is 2.37.